The lowest BCUT2D eigenvalue weighted by atomic mass is 10.2. The van der Waals surface area contributed by atoms with Gasteiger partial charge in [0.05, 0.1) is 19.2 Å². The van der Waals surface area contributed by atoms with Crippen LogP contribution in [0, 0.1) is 0 Å². The molecule has 34 heavy (non-hydrogen) atoms. The van der Waals surface area contributed by atoms with Crippen molar-refractivity contribution in [3.05, 3.63) is 65.3 Å². The van der Waals surface area contributed by atoms with Crippen molar-refractivity contribution in [3.8, 4) is 17.2 Å². The van der Waals surface area contributed by atoms with Crippen molar-refractivity contribution in [3.63, 3.8) is 0 Å². The molecule has 0 fully saturated rings. The molecule has 0 spiro atoms. The number of hydrogen-bond donors (Lipinski definition) is 3. The molecule has 1 aromatic carbocycles. The fourth-order valence-electron chi connectivity index (χ4n) is 3.33. The molecule has 3 N–H and O–H groups in total. The molecule has 0 saturated heterocycles. The third-order valence-electron chi connectivity index (χ3n) is 4.85. The first kappa shape index (κ1) is 25.6. The smallest absolute Gasteiger partial charge is 0.239 e. The van der Waals surface area contributed by atoms with Crippen LogP contribution in [0.1, 0.15) is 17.6 Å². The minimum atomic E-state index is -0.152. The Morgan fingerprint density at radius 1 is 1.15 bits per heavy atom. The second-order valence-corrected chi connectivity index (χ2v) is 8.29. The Morgan fingerprint density at radius 2 is 1.88 bits per heavy atom. The van der Waals surface area contributed by atoms with Gasteiger partial charge in [0.15, 0.2) is 5.82 Å². The van der Waals surface area contributed by atoms with Crippen molar-refractivity contribution in [1.82, 2.24) is 30.2 Å². The number of hydrazine groups is 1. The van der Waals surface area contributed by atoms with E-state index >= 15 is 0 Å². The molecule has 1 aliphatic rings. The molecule has 0 amide bonds. The Morgan fingerprint density at radius 3 is 2.47 bits per heavy atom. The summed E-state index contributed by atoms with van der Waals surface area (Å²) >= 11 is 7.43. The van der Waals surface area contributed by atoms with Crippen LogP contribution in [-0.4, -0.2) is 64.0 Å². The maximum Gasteiger partial charge on any atom is 0.239 e. The summed E-state index contributed by atoms with van der Waals surface area (Å²) in [5, 5.41) is 18.4. The van der Waals surface area contributed by atoms with Gasteiger partial charge in [-0.05, 0) is 42.3 Å². The van der Waals surface area contributed by atoms with Crippen LogP contribution in [-0.2, 0) is 6.42 Å². The highest BCUT2D eigenvalue weighted by Crippen LogP contribution is 2.37. The number of anilines is 1. The van der Waals surface area contributed by atoms with Crippen LogP contribution >= 0.6 is 23.5 Å². The summed E-state index contributed by atoms with van der Waals surface area (Å²) in [4.78, 5) is 4.34. The van der Waals surface area contributed by atoms with Gasteiger partial charge in [0, 0.05) is 44.4 Å². The molecule has 0 saturated carbocycles. The van der Waals surface area contributed by atoms with Crippen LogP contribution in [0.2, 0.25) is 5.02 Å². The number of hydrogen-bond acceptors (Lipinski definition) is 10. The molecule has 0 aliphatic carbocycles. The number of nitrogens with zero attached hydrogens (tertiary/aromatic N) is 5. The molecule has 0 bridgehead atoms. The van der Waals surface area contributed by atoms with Crippen LogP contribution in [0.3, 0.4) is 0 Å². The molecule has 12 heteroatoms. The predicted octanol–water partition coefficient (Wildman–Crippen LogP) is 3.25. The Labute approximate surface area is 208 Å². The van der Waals surface area contributed by atoms with Crippen LogP contribution < -0.4 is 19.6 Å². The summed E-state index contributed by atoms with van der Waals surface area (Å²) in [5.41, 5.74) is 5.02. The first-order valence-corrected chi connectivity index (χ1v) is 11.7. The lowest BCUT2D eigenvalue weighted by molar-refractivity contribution is 0.325. The zero-order chi connectivity index (χ0) is 24.5. The number of nitrogens with one attached hydrogen (secondary N) is 2. The van der Waals surface area contributed by atoms with E-state index in [2.05, 4.69) is 25.3 Å². The van der Waals surface area contributed by atoms with E-state index in [1.54, 1.807) is 20.4 Å². The van der Waals surface area contributed by atoms with E-state index in [9.17, 15) is 0 Å². The third-order valence-corrected chi connectivity index (χ3v) is 5.81. The van der Waals surface area contributed by atoms with Crippen molar-refractivity contribution in [2.24, 2.45) is 0 Å². The van der Waals surface area contributed by atoms with Gasteiger partial charge >= 0.3 is 0 Å². The molecular formula is C22H28ClN7O3S. The number of para-hydroxylation sites is 1. The van der Waals surface area contributed by atoms with Crippen LogP contribution in [0.15, 0.2) is 48.8 Å². The van der Waals surface area contributed by atoms with Crippen LogP contribution in [0.5, 0.6) is 11.5 Å². The standard InChI is InChI=1S/C21H24ClN7O2S.CH4O/c1-28-11-9-16(26-28)20-24-25-21(27-32-12-10-15-8-7-14(22)13-23-15)29(20)19-17(30-2)5-4-6-18(19)31-3;1-2/h4-9,11,13,16,26H,10,12H2,1-3H3,(H,25,27);2H,1H3. The highest BCUT2D eigenvalue weighted by Gasteiger charge is 2.27. The van der Waals surface area contributed by atoms with Crippen molar-refractivity contribution in [1.29, 1.82) is 0 Å². The number of methoxy groups -OCH3 is 2. The predicted molar refractivity (Wildman–Crippen MR) is 134 cm³/mol. The summed E-state index contributed by atoms with van der Waals surface area (Å²) in [6.07, 6.45) is 6.41. The fourth-order valence-corrected chi connectivity index (χ4v) is 4.11. The number of pyridine rings is 1. The van der Waals surface area contributed by atoms with Crippen molar-refractivity contribution >= 4 is 29.5 Å². The molecule has 182 valence electrons. The SMILES string of the molecule is CO.COc1cccc(OC)c1-n1c(NSCCc2ccc(Cl)cn2)nnc1C1C=CN(C)N1. The zero-order valence-electron chi connectivity index (χ0n) is 19.4. The van der Waals surface area contributed by atoms with Crippen molar-refractivity contribution < 1.29 is 14.6 Å². The van der Waals surface area contributed by atoms with E-state index < -0.39 is 0 Å². The Bertz CT molecular complexity index is 1070. The molecule has 1 unspecified atom stereocenters. The Kier molecular flexibility index (Phi) is 9.40. The van der Waals surface area contributed by atoms with E-state index in [1.165, 1.54) is 11.9 Å². The highest BCUT2D eigenvalue weighted by atomic mass is 35.5. The molecule has 2 aromatic heterocycles. The topological polar surface area (TPSA) is 110 Å². The normalized spacial score (nSPS) is 14.5. The fraction of sp³-hybridized carbons (Fsp3) is 0.318. The van der Waals surface area contributed by atoms with Crippen molar-refractivity contribution in [2.45, 2.75) is 12.5 Å². The van der Waals surface area contributed by atoms with Gasteiger partial charge in [-0.1, -0.05) is 17.7 Å². The second kappa shape index (κ2) is 12.5. The second-order valence-electron chi connectivity index (χ2n) is 6.96. The number of rotatable bonds is 9. The molecule has 3 aromatic rings. The molecule has 4 rings (SSSR count). The average Bonchev–Trinajstić information content (AvgIpc) is 3.49. The quantitative estimate of drug-likeness (QED) is 0.296. The number of halogens is 1. The number of aryl methyl sites for hydroxylation is 1. The highest BCUT2D eigenvalue weighted by molar-refractivity contribution is 8.00. The van der Waals surface area contributed by atoms with E-state index in [-0.39, 0.29) is 6.04 Å². The number of aliphatic hydroxyl groups excluding tert-OH is 1. The lowest BCUT2D eigenvalue weighted by Gasteiger charge is -2.20. The average molecular weight is 506 g/mol. The minimum absolute atomic E-state index is 0.152. The van der Waals surface area contributed by atoms with Gasteiger partial charge in [0.25, 0.3) is 0 Å². The van der Waals surface area contributed by atoms with Gasteiger partial charge < -0.3 is 19.6 Å². The van der Waals surface area contributed by atoms with E-state index in [1.807, 2.05) is 59.2 Å². The van der Waals surface area contributed by atoms with Gasteiger partial charge in [-0.25, -0.2) is 5.43 Å². The first-order chi connectivity index (χ1) is 16.6. The van der Waals surface area contributed by atoms with E-state index in [0.29, 0.717) is 28.3 Å². The van der Waals surface area contributed by atoms with Gasteiger partial charge in [-0.3, -0.25) is 14.3 Å². The monoisotopic (exact) mass is 505 g/mol. The molecular weight excluding hydrogens is 478 g/mol. The summed E-state index contributed by atoms with van der Waals surface area (Å²) in [6, 6.07) is 9.27. The van der Waals surface area contributed by atoms with Gasteiger partial charge in [0.2, 0.25) is 5.95 Å². The Hall–Kier alpha value is -2.99. The molecule has 1 atom stereocenters. The first-order valence-electron chi connectivity index (χ1n) is 10.4. The molecule has 1 aliphatic heterocycles. The minimum Gasteiger partial charge on any atom is -0.494 e. The Balaban J connectivity index is 0.00000158. The summed E-state index contributed by atoms with van der Waals surface area (Å²) in [7, 11) is 6.19. The van der Waals surface area contributed by atoms with Gasteiger partial charge in [0.1, 0.15) is 23.2 Å². The number of aromatic nitrogens is 4. The summed E-state index contributed by atoms with van der Waals surface area (Å²) in [6.45, 7) is 0. The zero-order valence-corrected chi connectivity index (χ0v) is 21.0. The van der Waals surface area contributed by atoms with Crippen molar-refractivity contribution in [2.75, 3.05) is 38.9 Å². The molecule has 3 heterocycles. The molecule has 10 nitrogen and oxygen atoms in total. The summed E-state index contributed by atoms with van der Waals surface area (Å²) < 4.78 is 16.5. The van der Waals surface area contributed by atoms with Crippen LogP contribution in [0.25, 0.3) is 5.69 Å². The number of aliphatic hydroxyl groups is 1. The van der Waals surface area contributed by atoms with Gasteiger partial charge in [-0.2, -0.15) is 0 Å². The lowest BCUT2D eigenvalue weighted by Crippen LogP contribution is -2.28. The van der Waals surface area contributed by atoms with E-state index in [4.69, 9.17) is 26.2 Å². The number of ether oxygens (including phenoxy) is 2. The maximum absolute atomic E-state index is 7.00. The number of benzene rings is 1. The summed E-state index contributed by atoms with van der Waals surface area (Å²) in [5.74, 6) is 3.36. The maximum atomic E-state index is 7.00. The van der Waals surface area contributed by atoms with E-state index in [0.717, 1.165) is 30.7 Å². The molecule has 0 radical (unpaired) electrons. The largest absolute Gasteiger partial charge is 0.494 e. The van der Waals surface area contributed by atoms with Gasteiger partial charge in [-0.15, -0.1) is 10.2 Å². The third kappa shape index (κ3) is 5.92. The van der Waals surface area contributed by atoms with Crippen LogP contribution in [0.4, 0.5) is 5.95 Å².